The highest BCUT2D eigenvalue weighted by Gasteiger charge is 2.42. The number of amides is 1. The maximum absolute atomic E-state index is 12.9. The summed E-state index contributed by atoms with van der Waals surface area (Å²) in [5.74, 6) is -0.884. The summed E-state index contributed by atoms with van der Waals surface area (Å²) in [6.45, 7) is 4.00. The van der Waals surface area contributed by atoms with Gasteiger partial charge in [-0.05, 0) is 38.1 Å². The molecule has 3 rings (SSSR count). The molecule has 1 atom stereocenters. The summed E-state index contributed by atoms with van der Waals surface area (Å²) in [6, 6.07) is 5.50. The molecule has 1 amide bonds. The minimum Gasteiger partial charge on any atom is -0.454 e. The van der Waals surface area contributed by atoms with Crippen molar-refractivity contribution in [3.8, 4) is 11.5 Å². The van der Waals surface area contributed by atoms with Crippen molar-refractivity contribution in [3.63, 3.8) is 0 Å². The fraction of sp³-hybridized carbons (Fsp3) is 0.294. The Hall–Kier alpha value is -2.83. The summed E-state index contributed by atoms with van der Waals surface area (Å²) < 4.78 is 18.4. The average Bonchev–Trinajstić information content (AvgIpc) is 2.86. The number of carbonyl (C=O) groups is 2. The van der Waals surface area contributed by atoms with Gasteiger partial charge in [-0.2, -0.15) is 0 Å². The molecule has 0 radical (unpaired) electrons. The van der Waals surface area contributed by atoms with E-state index in [2.05, 4.69) is 9.97 Å². The third-order valence-corrected chi connectivity index (χ3v) is 3.80. The van der Waals surface area contributed by atoms with Crippen LogP contribution in [-0.4, -0.2) is 39.1 Å². The largest absolute Gasteiger partial charge is 0.454 e. The summed E-state index contributed by atoms with van der Waals surface area (Å²) in [5.41, 5.74) is 0. The first-order chi connectivity index (χ1) is 11.5. The Morgan fingerprint density at radius 2 is 1.75 bits per heavy atom. The predicted octanol–water partition coefficient (Wildman–Crippen LogP) is 2.31. The number of carbonyl (C=O) groups excluding carboxylic acids is 2. The number of likely N-dealkylation sites (tertiary alicyclic amines) is 1. The first kappa shape index (κ1) is 16.0. The van der Waals surface area contributed by atoms with Crippen LogP contribution in [-0.2, 0) is 9.59 Å². The van der Waals surface area contributed by atoms with E-state index in [9.17, 15) is 14.0 Å². The summed E-state index contributed by atoms with van der Waals surface area (Å²) in [6.07, 6.45) is 2.86. The van der Waals surface area contributed by atoms with Crippen LogP contribution in [0.2, 0.25) is 0 Å². The maximum atomic E-state index is 12.9. The molecular formula is C17H16FN3O3. The highest BCUT2D eigenvalue weighted by atomic mass is 19.1. The van der Waals surface area contributed by atoms with Gasteiger partial charge in [-0.1, -0.05) is 0 Å². The lowest BCUT2D eigenvalue weighted by Gasteiger charge is -2.19. The molecule has 0 saturated carbocycles. The summed E-state index contributed by atoms with van der Waals surface area (Å²) in [7, 11) is 0. The minimum atomic E-state index is -0.653. The van der Waals surface area contributed by atoms with Gasteiger partial charge in [0.05, 0.1) is 12.4 Å². The molecule has 1 aliphatic rings. The van der Waals surface area contributed by atoms with Crippen LogP contribution in [0.4, 0.5) is 4.39 Å². The van der Waals surface area contributed by atoms with Crippen molar-refractivity contribution in [3.05, 3.63) is 48.3 Å². The third-order valence-electron chi connectivity index (χ3n) is 3.80. The number of Topliss-reactive ketones (excluding diaryl/α,β-unsaturated/α-hetero) is 1. The van der Waals surface area contributed by atoms with Crippen LogP contribution < -0.4 is 4.74 Å². The molecule has 1 unspecified atom stereocenters. The van der Waals surface area contributed by atoms with Crippen molar-refractivity contribution in [1.82, 2.24) is 14.9 Å². The number of rotatable bonds is 4. The van der Waals surface area contributed by atoms with E-state index in [1.807, 2.05) is 13.8 Å². The summed E-state index contributed by atoms with van der Waals surface area (Å²) >= 11 is 0. The smallest absolute Gasteiger partial charge is 0.291 e. The van der Waals surface area contributed by atoms with Crippen molar-refractivity contribution >= 4 is 11.7 Å². The Balaban J connectivity index is 1.74. The molecule has 124 valence electrons. The number of ketones is 1. The highest BCUT2D eigenvalue weighted by Crippen LogP contribution is 2.26. The van der Waals surface area contributed by atoms with Crippen LogP contribution in [0.25, 0.3) is 0 Å². The second-order valence-electron chi connectivity index (χ2n) is 5.80. The molecule has 0 N–H and O–H groups in total. The molecule has 0 spiro atoms. The molecule has 0 bridgehead atoms. The summed E-state index contributed by atoms with van der Waals surface area (Å²) in [4.78, 5) is 33.8. The molecule has 24 heavy (non-hydrogen) atoms. The molecule has 7 heteroatoms. The van der Waals surface area contributed by atoms with Crippen LogP contribution >= 0.6 is 0 Å². The number of nitrogens with zero attached hydrogens (tertiary/aromatic N) is 3. The Morgan fingerprint density at radius 3 is 2.29 bits per heavy atom. The SMILES string of the molecule is CC(C)N1CC(c2ncc(Oc3ccc(F)cc3)cn2)C(=O)C1=O. The maximum Gasteiger partial charge on any atom is 0.291 e. The van der Waals surface area contributed by atoms with Crippen molar-refractivity contribution in [2.45, 2.75) is 25.8 Å². The zero-order chi connectivity index (χ0) is 17.3. The van der Waals surface area contributed by atoms with Crippen LogP contribution in [0.5, 0.6) is 11.5 Å². The first-order valence-electron chi connectivity index (χ1n) is 7.56. The van der Waals surface area contributed by atoms with E-state index in [0.717, 1.165) is 0 Å². The van der Waals surface area contributed by atoms with Crippen LogP contribution in [0.15, 0.2) is 36.7 Å². The molecule has 2 heterocycles. The first-order valence-corrected chi connectivity index (χ1v) is 7.56. The van der Waals surface area contributed by atoms with Crippen molar-refractivity contribution in [1.29, 1.82) is 0 Å². The van der Waals surface area contributed by atoms with Gasteiger partial charge in [-0.3, -0.25) is 9.59 Å². The molecular weight excluding hydrogens is 313 g/mol. The van der Waals surface area contributed by atoms with E-state index in [1.165, 1.54) is 41.6 Å². The number of ether oxygens (including phenoxy) is 1. The van der Waals surface area contributed by atoms with Gasteiger partial charge < -0.3 is 9.64 Å². The average molecular weight is 329 g/mol. The van der Waals surface area contributed by atoms with Crippen molar-refractivity contribution < 1.29 is 18.7 Å². The highest BCUT2D eigenvalue weighted by molar-refractivity contribution is 6.40. The second kappa shape index (κ2) is 6.35. The van der Waals surface area contributed by atoms with Gasteiger partial charge in [0, 0.05) is 12.6 Å². The predicted molar refractivity (Wildman–Crippen MR) is 83.1 cm³/mol. The fourth-order valence-corrected chi connectivity index (χ4v) is 2.49. The third kappa shape index (κ3) is 3.10. The van der Waals surface area contributed by atoms with Crippen molar-refractivity contribution in [2.75, 3.05) is 6.54 Å². The molecule has 1 aliphatic heterocycles. The topological polar surface area (TPSA) is 72.4 Å². The van der Waals surface area contributed by atoms with E-state index < -0.39 is 17.6 Å². The number of aromatic nitrogens is 2. The van der Waals surface area contributed by atoms with E-state index in [-0.39, 0.29) is 18.4 Å². The molecule has 1 fully saturated rings. The Kier molecular flexibility index (Phi) is 4.24. The van der Waals surface area contributed by atoms with Gasteiger partial charge >= 0.3 is 0 Å². The minimum absolute atomic E-state index is 0.0486. The van der Waals surface area contributed by atoms with Gasteiger partial charge in [0.15, 0.2) is 5.75 Å². The number of hydrogen-bond acceptors (Lipinski definition) is 5. The normalized spacial score (nSPS) is 17.7. The quantitative estimate of drug-likeness (QED) is 0.805. The van der Waals surface area contributed by atoms with E-state index >= 15 is 0 Å². The van der Waals surface area contributed by atoms with Gasteiger partial charge in [-0.15, -0.1) is 0 Å². The van der Waals surface area contributed by atoms with Crippen LogP contribution in [0.1, 0.15) is 25.6 Å². The summed E-state index contributed by atoms with van der Waals surface area (Å²) in [5, 5.41) is 0. The lowest BCUT2D eigenvalue weighted by atomic mass is 10.1. The van der Waals surface area contributed by atoms with Crippen LogP contribution in [0, 0.1) is 5.82 Å². The Morgan fingerprint density at radius 1 is 1.12 bits per heavy atom. The van der Waals surface area contributed by atoms with Gasteiger partial charge in [0.2, 0.25) is 5.78 Å². The molecule has 1 aromatic carbocycles. The Bertz CT molecular complexity index is 760. The van der Waals surface area contributed by atoms with Gasteiger partial charge in [0.1, 0.15) is 23.3 Å². The van der Waals surface area contributed by atoms with E-state index in [4.69, 9.17) is 4.74 Å². The standard InChI is InChI=1S/C17H16FN3O3/c1-10(2)21-9-14(15(22)17(21)23)16-19-7-13(8-20-16)24-12-5-3-11(18)4-6-12/h3-8,10,14H,9H2,1-2H3. The van der Waals surface area contributed by atoms with E-state index in [1.54, 1.807) is 0 Å². The lowest BCUT2D eigenvalue weighted by molar-refractivity contribution is -0.141. The van der Waals surface area contributed by atoms with Crippen LogP contribution in [0.3, 0.4) is 0 Å². The molecule has 2 aromatic rings. The molecule has 1 saturated heterocycles. The Labute approximate surface area is 138 Å². The zero-order valence-corrected chi connectivity index (χ0v) is 13.3. The fourth-order valence-electron chi connectivity index (χ4n) is 2.49. The van der Waals surface area contributed by atoms with E-state index in [0.29, 0.717) is 17.3 Å². The number of benzene rings is 1. The molecule has 1 aromatic heterocycles. The monoisotopic (exact) mass is 329 g/mol. The van der Waals surface area contributed by atoms with Gasteiger partial charge in [-0.25, -0.2) is 14.4 Å². The second-order valence-corrected chi connectivity index (χ2v) is 5.80. The lowest BCUT2D eigenvalue weighted by Crippen LogP contribution is -2.33. The molecule has 0 aliphatic carbocycles. The number of halogens is 1. The zero-order valence-electron chi connectivity index (χ0n) is 13.3. The number of hydrogen-bond donors (Lipinski definition) is 0. The van der Waals surface area contributed by atoms with Gasteiger partial charge in [0.25, 0.3) is 5.91 Å². The van der Waals surface area contributed by atoms with Crippen molar-refractivity contribution in [2.24, 2.45) is 0 Å². The molecule has 6 nitrogen and oxygen atoms in total.